The first kappa shape index (κ1) is 19.9. The first-order valence-electron chi connectivity index (χ1n) is 10.1. The number of amides is 2. The van der Waals surface area contributed by atoms with Crippen molar-refractivity contribution >= 4 is 11.8 Å². The molecule has 3 heterocycles. The minimum atomic E-state index is -0.637. The predicted octanol–water partition coefficient (Wildman–Crippen LogP) is 0.200. The van der Waals surface area contributed by atoms with Crippen LogP contribution in [0, 0.1) is 0 Å². The molecule has 0 aromatic heterocycles. The molecule has 0 spiro atoms. The van der Waals surface area contributed by atoms with E-state index in [1.807, 2.05) is 18.2 Å². The van der Waals surface area contributed by atoms with Crippen LogP contribution in [0.25, 0.3) is 0 Å². The van der Waals surface area contributed by atoms with Crippen molar-refractivity contribution in [3.8, 4) is 11.5 Å². The monoisotopic (exact) mass is 405 g/mol. The van der Waals surface area contributed by atoms with Gasteiger partial charge in [-0.3, -0.25) is 14.5 Å². The first-order valence-corrected chi connectivity index (χ1v) is 10.1. The Kier molecular flexibility index (Phi) is 6.48. The molecule has 3 aliphatic heterocycles. The van der Waals surface area contributed by atoms with Gasteiger partial charge in [0.15, 0.2) is 11.5 Å². The molecule has 9 nitrogen and oxygen atoms in total. The van der Waals surface area contributed by atoms with Gasteiger partial charge in [0.05, 0.1) is 25.4 Å². The molecular weight excluding hydrogens is 378 g/mol. The molecule has 2 saturated heterocycles. The fourth-order valence-electron chi connectivity index (χ4n) is 3.83. The SMILES string of the molecule is O=C(NC[C@@H]1CCCO1)C(=O)NC[C@H](c1ccc2c(c1)OCO2)N1CCOCC1. The number of carbonyl (C=O) groups is 2. The molecule has 0 aliphatic carbocycles. The van der Waals surface area contributed by atoms with E-state index in [9.17, 15) is 9.59 Å². The number of hydrogen-bond donors (Lipinski definition) is 2. The Morgan fingerprint density at radius 1 is 1.07 bits per heavy atom. The lowest BCUT2D eigenvalue weighted by atomic mass is 10.0. The summed E-state index contributed by atoms with van der Waals surface area (Å²) in [5, 5.41) is 5.43. The largest absolute Gasteiger partial charge is 0.454 e. The van der Waals surface area contributed by atoms with Gasteiger partial charge in [0.1, 0.15) is 0 Å². The molecule has 0 unspecified atom stereocenters. The van der Waals surface area contributed by atoms with Crippen LogP contribution in [0.3, 0.4) is 0 Å². The summed E-state index contributed by atoms with van der Waals surface area (Å²) in [6, 6.07) is 5.69. The fourth-order valence-corrected chi connectivity index (χ4v) is 3.83. The van der Waals surface area contributed by atoms with Crippen molar-refractivity contribution in [2.24, 2.45) is 0 Å². The molecule has 4 rings (SSSR count). The quantitative estimate of drug-likeness (QED) is 0.653. The molecule has 0 bridgehead atoms. The second kappa shape index (κ2) is 9.43. The lowest BCUT2D eigenvalue weighted by Gasteiger charge is -2.35. The number of benzene rings is 1. The van der Waals surface area contributed by atoms with Crippen molar-refractivity contribution in [3.05, 3.63) is 23.8 Å². The number of ether oxygens (including phenoxy) is 4. The maximum atomic E-state index is 12.3. The molecule has 9 heteroatoms. The molecular formula is C20H27N3O6. The Bertz CT molecular complexity index is 731. The van der Waals surface area contributed by atoms with Gasteiger partial charge in [-0.2, -0.15) is 0 Å². The van der Waals surface area contributed by atoms with Gasteiger partial charge < -0.3 is 29.6 Å². The number of nitrogens with zero attached hydrogens (tertiary/aromatic N) is 1. The van der Waals surface area contributed by atoms with E-state index in [0.29, 0.717) is 44.4 Å². The van der Waals surface area contributed by atoms with E-state index in [-0.39, 0.29) is 18.9 Å². The lowest BCUT2D eigenvalue weighted by molar-refractivity contribution is -0.139. The second-order valence-electron chi connectivity index (χ2n) is 7.33. The number of rotatable bonds is 6. The van der Waals surface area contributed by atoms with Crippen LogP contribution < -0.4 is 20.1 Å². The molecule has 158 valence electrons. The van der Waals surface area contributed by atoms with E-state index in [0.717, 1.165) is 31.5 Å². The fraction of sp³-hybridized carbons (Fsp3) is 0.600. The Hall–Kier alpha value is -2.36. The molecule has 2 fully saturated rings. The molecule has 0 saturated carbocycles. The van der Waals surface area contributed by atoms with Crippen LogP contribution in [-0.2, 0) is 19.1 Å². The summed E-state index contributed by atoms with van der Waals surface area (Å²) in [5.41, 5.74) is 0.996. The average molecular weight is 405 g/mol. The summed E-state index contributed by atoms with van der Waals surface area (Å²) in [4.78, 5) is 26.7. The highest BCUT2D eigenvalue weighted by atomic mass is 16.7. The summed E-state index contributed by atoms with van der Waals surface area (Å²) in [5.74, 6) is 0.141. The lowest BCUT2D eigenvalue weighted by Crippen LogP contribution is -2.47. The molecule has 2 atom stereocenters. The van der Waals surface area contributed by atoms with Gasteiger partial charge in [0.25, 0.3) is 0 Å². The van der Waals surface area contributed by atoms with Gasteiger partial charge in [-0.15, -0.1) is 0 Å². The number of carbonyl (C=O) groups excluding carboxylic acids is 2. The number of fused-ring (bicyclic) bond motifs is 1. The third kappa shape index (κ3) is 4.98. The van der Waals surface area contributed by atoms with E-state index >= 15 is 0 Å². The highest BCUT2D eigenvalue weighted by Crippen LogP contribution is 2.35. The molecule has 0 radical (unpaired) electrons. The predicted molar refractivity (Wildman–Crippen MR) is 103 cm³/mol. The number of morpholine rings is 1. The van der Waals surface area contributed by atoms with Crippen LogP contribution >= 0.6 is 0 Å². The standard InChI is InChI=1S/C20H27N3O6/c24-19(21-11-15-2-1-7-27-15)20(25)22-12-16(23-5-8-26-9-6-23)14-3-4-17-18(10-14)29-13-28-17/h3-4,10,15-16H,1-2,5-9,11-13H2,(H,21,24)(H,22,25)/t15-,16+/m0/s1. The van der Waals surface area contributed by atoms with Crippen molar-refractivity contribution in [1.29, 1.82) is 0 Å². The van der Waals surface area contributed by atoms with E-state index in [4.69, 9.17) is 18.9 Å². The number of hydrogen-bond acceptors (Lipinski definition) is 7. The van der Waals surface area contributed by atoms with Crippen LogP contribution in [0.15, 0.2) is 18.2 Å². The maximum absolute atomic E-state index is 12.3. The zero-order valence-corrected chi connectivity index (χ0v) is 16.4. The zero-order chi connectivity index (χ0) is 20.1. The molecule has 29 heavy (non-hydrogen) atoms. The van der Waals surface area contributed by atoms with Gasteiger partial charge in [-0.05, 0) is 30.5 Å². The highest BCUT2D eigenvalue weighted by Gasteiger charge is 2.27. The molecule has 2 amide bonds. The van der Waals surface area contributed by atoms with E-state index in [1.54, 1.807) is 0 Å². The second-order valence-corrected chi connectivity index (χ2v) is 7.33. The normalized spacial score (nSPS) is 22.3. The van der Waals surface area contributed by atoms with Gasteiger partial charge in [0, 0.05) is 32.8 Å². The van der Waals surface area contributed by atoms with Gasteiger partial charge in [-0.1, -0.05) is 6.07 Å². The van der Waals surface area contributed by atoms with E-state index in [2.05, 4.69) is 15.5 Å². The highest BCUT2D eigenvalue weighted by molar-refractivity contribution is 6.35. The summed E-state index contributed by atoms with van der Waals surface area (Å²) >= 11 is 0. The van der Waals surface area contributed by atoms with Crippen molar-refractivity contribution < 1.29 is 28.5 Å². The molecule has 1 aromatic carbocycles. The van der Waals surface area contributed by atoms with Crippen LogP contribution in [0.5, 0.6) is 11.5 Å². The van der Waals surface area contributed by atoms with Crippen molar-refractivity contribution in [2.45, 2.75) is 25.0 Å². The average Bonchev–Trinajstić information content (AvgIpc) is 3.44. The van der Waals surface area contributed by atoms with Gasteiger partial charge >= 0.3 is 11.8 Å². The molecule has 2 N–H and O–H groups in total. The van der Waals surface area contributed by atoms with Crippen LogP contribution in [0.1, 0.15) is 24.4 Å². The first-order chi connectivity index (χ1) is 14.2. The summed E-state index contributed by atoms with van der Waals surface area (Å²) in [6.45, 7) is 4.37. The van der Waals surface area contributed by atoms with Crippen molar-refractivity contribution in [3.63, 3.8) is 0 Å². The third-order valence-electron chi connectivity index (χ3n) is 5.44. The van der Waals surface area contributed by atoms with Gasteiger partial charge in [0.2, 0.25) is 6.79 Å². The molecule has 1 aromatic rings. The Balaban J connectivity index is 1.37. The minimum absolute atomic E-state index is 0.00137. The van der Waals surface area contributed by atoms with Crippen molar-refractivity contribution in [1.82, 2.24) is 15.5 Å². The third-order valence-corrected chi connectivity index (χ3v) is 5.44. The van der Waals surface area contributed by atoms with Crippen LogP contribution in [0.2, 0.25) is 0 Å². The molecule has 3 aliphatic rings. The topological polar surface area (TPSA) is 98.4 Å². The summed E-state index contributed by atoms with van der Waals surface area (Å²) in [6.07, 6.45) is 1.90. The number of nitrogens with one attached hydrogen (secondary N) is 2. The zero-order valence-electron chi connectivity index (χ0n) is 16.4. The van der Waals surface area contributed by atoms with E-state index in [1.165, 1.54) is 0 Å². The summed E-state index contributed by atoms with van der Waals surface area (Å²) < 4.78 is 21.8. The minimum Gasteiger partial charge on any atom is -0.454 e. The van der Waals surface area contributed by atoms with Crippen LogP contribution in [-0.4, -0.2) is 75.6 Å². The van der Waals surface area contributed by atoms with Crippen LogP contribution in [0.4, 0.5) is 0 Å². The Morgan fingerprint density at radius 2 is 1.86 bits per heavy atom. The van der Waals surface area contributed by atoms with Gasteiger partial charge in [-0.25, -0.2) is 0 Å². The Morgan fingerprint density at radius 3 is 2.66 bits per heavy atom. The van der Waals surface area contributed by atoms with Crippen molar-refractivity contribution in [2.75, 3.05) is 52.8 Å². The van der Waals surface area contributed by atoms with E-state index < -0.39 is 11.8 Å². The smallest absolute Gasteiger partial charge is 0.309 e. The summed E-state index contributed by atoms with van der Waals surface area (Å²) in [7, 11) is 0. The Labute approximate surface area is 169 Å². The maximum Gasteiger partial charge on any atom is 0.309 e.